The van der Waals surface area contributed by atoms with E-state index in [1.54, 1.807) is 12.4 Å². The molecule has 0 aliphatic heterocycles. The van der Waals surface area contributed by atoms with Gasteiger partial charge < -0.3 is 10.1 Å². The van der Waals surface area contributed by atoms with Crippen LogP contribution in [0.15, 0.2) is 36.7 Å². The van der Waals surface area contributed by atoms with Gasteiger partial charge in [0.15, 0.2) is 0 Å². The fourth-order valence-electron chi connectivity index (χ4n) is 2.59. The lowest BCUT2D eigenvalue weighted by Gasteiger charge is -2.05. The second kappa shape index (κ2) is 5.36. The molecule has 5 nitrogen and oxygen atoms in total. The standard InChI is InChI=1S/C16H15N3O2/c1-10-13(9-14(20)21)15-11(5-7-18-16(15)19-10)8-12-4-2-3-6-17-12/h2-7H,8-9H2,1H3,(H,18,19)(H,20,21). The first-order valence-electron chi connectivity index (χ1n) is 6.72. The van der Waals surface area contributed by atoms with Crippen LogP contribution in [0.5, 0.6) is 0 Å². The molecule has 0 fully saturated rings. The van der Waals surface area contributed by atoms with Gasteiger partial charge in [-0.1, -0.05) is 6.07 Å². The zero-order chi connectivity index (χ0) is 14.8. The van der Waals surface area contributed by atoms with E-state index in [1.165, 1.54) is 0 Å². The Hall–Kier alpha value is -2.69. The number of rotatable bonds is 4. The summed E-state index contributed by atoms with van der Waals surface area (Å²) in [5.41, 5.74) is 4.38. The third kappa shape index (κ3) is 2.63. The molecule has 21 heavy (non-hydrogen) atoms. The minimum atomic E-state index is -0.841. The van der Waals surface area contributed by atoms with Crippen molar-refractivity contribution >= 4 is 17.0 Å². The van der Waals surface area contributed by atoms with Crippen molar-refractivity contribution in [3.8, 4) is 0 Å². The molecule has 0 aliphatic rings. The minimum Gasteiger partial charge on any atom is -0.481 e. The summed E-state index contributed by atoms with van der Waals surface area (Å²) in [7, 11) is 0. The van der Waals surface area contributed by atoms with Gasteiger partial charge in [0.1, 0.15) is 5.65 Å². The van der Waals surface area contributed by atoms with Crippen molar-refractivity contribution in [3.05, 3.63) is 59.2 Å². The molecule has 0 amide bonds. The van der Waals surface area contributed by atoms with Crippen LogP contribution in [0.2, 0.25) is 0 Å². The van der Waals surface area contributed by atoms with Crippen LogP contribution in [0, 0.1) is 6.92 Å². The number of aryl methyl sites for hydroxylation is 1. The number of aliphatic carboxylic acids is 1. The quantitative estimate of drug-likeness (QED) is 0.770. The molecule has 0 saturated carbocycles. The number of aromatic nitrogens is 3. The van der Waals surface area contributed by atoms with Gasteiger partial charge in [0, 0.05) is 35.6 Å². The van der Waals surface area contributed by atoms with Gasteiger partial charge in [-0.2, -0.15) is 0 Å². The first-order chi connectivity index (χ1) is 10.1. The van der Waals surface area contributed by atoms with Gasteiger partial charge in [0.05, 0.1) is 6.42 Å². The van der Waals surface area contributed by atoms with E-state index in [1.807, 2.05) is 31.2 Å². The van der Waals surface area contributed by atoms with Crippen LogP contribution >= 0.6 is 0 Å². The fourth-order valence-corrected chi connectivity index (χ4v) is 2.59. The van der Waals surface area contributed by atoms with Crippen molar-refractivity contribution in [2.45, 2.75) is 19.8 Å². The average molecular weight is 281 g/mol. The molecule has 0 spiro atoms. The maximum absolute atomic E-state index is 11.1. The van der Waals surface area contributed by atoms with Crippen LogP contribution in [0.25, 0.3) is 11.0 Å². The van der Waals surface area contributed by atoms with Gasteiger partial charge in [-0.25, -0.2) is 4.98 Å². The number of aromatic amines is 1. The van der Waals surface area contributed by atoms with Gasteiger partial charge in [-0.3, -0.25) is 9.78 Å². The molecule has 0 radical (unpaired) electrons. The summed E-state index contributed by atoms with van der Waals surface area (Å²) >= 11 is 0. The van der Waals surface area contributed by atoms with Crippen molar-refractivity contribution in [1.29, 1.82) is 0 Å². The van der Waals surface area contributed by atoms with E-state index in [4.69, 9.17) is 5.11 Å². The maximum Gasteiger partial charge on any atom is 0.307 e. The maximum atomic E-state index is 11.1. The molecule has 0 aliphatic carbocycles. The van der Waals surface area contributed by atoms with Crippen LogP contribution < -0.4 is 0 Å². The molecule has 2 N–H and O–H groups in total. The molecular formula is C16H15N3O2. The van der Waals surface area contributed by atoms with Crippen LogP contribution in [0.1, 0.15) is 22.5 Å². The third-order valence-corrected chi connectivity index (χ3v) is 3.52. The number of H-pyrrole nitrogens is 1. The highest BCUT2D eigenvalue weighted by molar-refractivity contribution is 5.88. The normalized spacial score (nSPS) is 10.9. The van der Waals surface area contributed by atoms with Gasteiger partial charge in [0.25, 0.3) is 0 Å². The van der Waals surface area contributed by atoms with E-state index in [9.17, 15) is 4.79 Å². The van der Waals surface area contributed by atoms with Crippen molar-refractivity contribution in [3.63, 3.8) is 0 Å². The summed E-state index contributed by atoms with van der Waals surface area (Å²) in [6.07, 6.45) is 4.14. The minimum absolute atomic E-state index is 0.00720. The molecule has 106 valence electrons. The molecule has 3 aromatic heterocycles. The van der Waals surface area contributed by atoms with E-state index in [-0.39, 0.29) is 6.42 Å². The third-order valence-electron chi connectivity index (χ3n) is 3.52. The SMILES string of the molecule is Cc1[nH]c2nccc(Cc3ccccn3)c2c1CC(=O)O. The summed E-state index contributed by atoms with van der Waals surface area (Å²) in [6.45, 7) is 1.88. The summed E-state index contributed by atoms with van der Waals surface area (Å²) in [5.74, 6) is -0.841. The van der Waals surface area contributed by atoms with E-state index in [0.29, 0.717) is 6.42 Å². The number of carbonyl (C=O) groups is 1. The number of carboxylic acids is 1. The van der Waals surface area contributed by atoms with Crippen molar-refractivity contribution in [1.82, 2.24) is 15.0 Å². The molecule has 0 aromatic carbocycles. The molecule has 0 saturated heterocycles. The van der Waals surface area contributed by atoms with Crippen LogP contribution in [-0.2, 0) is 17.6 Å². The molecular weight excluding hydrogens is 266 g/mol. The average Bonchev–Trinajstić information content (AvgIpc) is 2.77. The highest BCUT2D eigenvalue weighted by Gasteiger charge is 2.16. The Morgan fingerprint density at radius 3 is 2.81 bits per heavy atom. The monoisotopic (exact) mass is 281 g/mol. The lowest BCUT2D eigenvalue weighted by Crippen LogP contribution is -2.02. The highest BCUT2D eigenvalue weighted by Crippen LogP contribution is 2.26. The van der Waals surface area contributed by atoms with E-state index >= 15 is 0 Å². The Labute approximate surface area is 121 Å². The zero-order valence-corrected chi connectivity index (χ0v) is 11.6. The van der Waals surface area contributed by atoms with E-state index < -0.39 is 5.97 Å². The van der Waals surface area contributed by atoms with Crippen molar-refractivity contribution in [2.75, 3.05) is 0 Å². The lowest BCUT2D eigenvalue weighted by molar-refractivity contribution is -0.136. The van der Waals surface area contributed by atoms with E-state index in [0.717, 1.165) is 33.5 Å². The van der Waals surface area contributed by atoms with Crippen molar-refractivity contribution < 1.29 is 9.90 Å². The first-order valence-corrected chi connectivity index (χ1v) is 6.72. The van der Waals surface area contributed by atoms with Crippen LogP contribution in [-0.4, -0.2) is 26.0 Å². The number of hydrogen-bond donors (Lipinski definition) is 2. The molecule has 0 bridgehead atoms. The summed E-state index contributed by atoms with van der Waals surface area (Å²) in [5, 5.41) is 10.0. The largest absolute Gasteiger partial charge is 0.481 e. The number of hydrogen-bond acceptors (Lipinski definition) is 3. The molecule has 0 atom stereocenters. The number of carboxylic acid groups (broad SMARTS) is 1. The fraction of sp³-hybridized carbons (Fsp3) is 0.188. The van der Waals surface area contributed by atoms with Gasteiger partial charge >= 0.3 is 5.97 Å². The van der Waals surface area contributed by atoms with Gasteiger partial charge in [-0.15, -0.1) is 0 Å². The zero-order valence-electron chi connectivity index (χ0n) is 11.6. The number of nitrogens with one attached hydrogen (secondary N) is 1. The number of pyridine rings is 2. The predicted molar refractivity (Wildman–Crippen MR) is 79.2 cm³/mol. The number of fused-ring (bicyclic) bond motifs is 1. The second-order valence-electron chi connectivity index (χ2n) is 4.99. The van der Waals surface area contributed by atoms with Crippen LogP contribution in [0.4, 0.5) is 0 Å². The highest BCUT2D eigenvalue weighted by atomic mass is 16.4. The summed E-state index contributed by atoms with van der Waals surface area (Å²) < 4.78 is 0. The van der Waals surface area contributed by atoms with Gasteiger partial charge in [-0.05, 0) is 36.2 Å². The molecule has 0 unspecified atom stereocenters. The molecule has 3 heterocycles. The smallest absolute Gasteiger partial charge is 0.307 e. The Balaban J connectivity index is 2.12. The second-order valence-corrected chi connectivity index (χ2v) is 4.99. The Morgan fingerprint density at radius 2 is 2.10 bits per heavy atom. The van der Waals surface area contributed by atoms with Crippen LogP contribution in [0.3, 0.4) is 0 Å². The van der Waals surface area contributed by atoms with E-state index in [2.05, 4.69) is 15.0 Å². The Bertz CT molecular complexity index is 794. The predicted octanol–water partition coefficient (Wildman–Crippen LogP) is 2.48. The van der Waals surface area contributed by atoms with Crippen molar-refractivity contribution in [2.24, 2.45) is 0 Å². The number of nitrogens with zero attached hydrogens (tertiary/aromatic N) is 2. The summed E-state index contributed by atoms with van der Waals surface area (Å²) in [4.78, 5) is 22.9. The van der Waals surface area contributed by atoms with Gasteiger partial charge in [0.2, 0.25) is 0 Å². The lowest BCUT2D eigenvalue weighted by atomic mass is 10.0. The Morgan fingerprint density at radius 1 is 1.24 bits per heavy atom. The Kier molecular flexibility index (Phi) is 3.39. The first kappa shape index (κ1) is 13.3. The molecule has 5 heteroatoms. The molecule has 3 aromatic rings. The molecule has 3 rings (SSSR count). The summed E-state index contributed by atoms with van der Waals surface area (Å²) in [6, 6.07) is 7.71. The topological polar surface area (TPSA) is 78.9 Å².